The van der Waals surface area contributed by atoms with Crippen molar-refractivity contribution in [3.8, 4) is 0 Å². The second-order valence-corrected chi connectivity index (χ2v) is 5.05. The fourth-order valence-corrected chi connectivity index (χ4v) is 2.53. The third-order valence-corrected chi connectivity index (χ3v) is 3.75. The van der Waals surface area contributed by atoms with Crippen molar-refractivity contribution in [1.29, 1.82) is 0 Å². The summed E-state index contributed by atoms with van der Waals surface area (Å²) in [6.07, 6.45) is 1.63. The van der Waals surface area contributed by atoms with Crippen LogP contribution in [0.2, 0.25) is 0 Å². The standard InChI is InChI=1S/C17H21FN2/c1-3-13-6-4-5-7-16(13)17(20-19)11-14-10-15(18)9-8-12(14)2/h4-10,17,20H,3,11,19H2,1-2H3. The summed E-state index contributed by atoms with van der Waals surface area (Å²) in [5.74, 6) is 5.52. The number of nitrogens with one attached hydrogen (secondary N) is 1. The highest BCUT2D eigenvalue weighted by Crippen LogP contribution is 2.23. The number of halogens is 1. The summed E-state index contributed by atoms with van der Waals surface area (Å²) >= 11 is 0. The molecule has 2 nitrogen and oxygen atoms in total. The quantitative estimate of drug-likeness (QED) is 0.646. The number of hydrogen-bond donors (Lipinski definition) is 2. The SMILES string of the molecule is CCc1ccccc1C(Cc1cc(F)ccc1C)NN. The molecule has 0 fully saturated rings. The van der Waals surface area contributed by atoms with E-state index in [1.54, 1.807) is 6.07 Å². The van der Waals surface area contributed by atoms with Crippen molar-refractivity contribution in [3.63, 3.8) is 0 Å². The van der Waals surface area contributed by atoms with E-state index >= 15 is 0 Å². The average molecular weight is 272 g/mol. The maximum Gasteiger partial charge on any atom is 0.123 e. The molecule has 0 saturated heterocycles. The zero-order valence-corrected chi connectivity index (χ0v) is 12.0. The first kappa shape index (κ1) is 14.7. The molecule has 20 heavy (non-hydrogen) atoms. The zero-order chi connectivity index (χ0) is 14.5. The summed E-state index contributed by atoms with van der Waals surface area (Å²) in [6.45, 7) is 4.12. The van der Waals surface area contributed by atoms with Crippen molar-refractivity contribution in [2.24, 2.45) is 5.84 Å². The van der Waals surface area contributed by atoms with Crippen molar-refractivity contribution in [2.75, 3.05) is 0 Å². The van der Waals surface area contributed by atoms with Crippen LogP contribution in [0.15, 0.2) is 42.5 Å². The van der Waals surface area contributed by atoms with Crippen LogP contribution in [0.4, 0.5) is 4.39 Å². The van der Waals surface area contributed by atoms with E-state index in [1.807, 2.05) is 25.1 Å². The Morgan fingerprint density at radius 2 is 1.90 bits per heavy atom. The van der Waals surface area contributed by atoms with Crippen LogP contribution in [0.3, 0.4) is 0 Å². The van der Waals surface area contributed by atoms with Crippen molar-refractivity contribution < 1.29 is 4.39 Å². The van der Waals surface area contributed by atoms with Gasteiger partial charge in [-0.1, -0.05) is 37.3 Å². The molecule has 0 saturated carbocycles. The van der Waals surface area contributed by atoms with Crippen LogP contribution in [0, 0.1) is 12.7 Å². The van der Waals surface area contributed by atoms with Crippen molar-refractivity contribution in [3.05, 3.63) is 70.5 Å². The summed E-state index contributed by atoms with van der Waals surface area (Å²) in [5.41, 5.74) is 7.38. The van der Waals surface area contributed by atoms with E-state index < -0.39 is 0 Å². The predicted octanol–water partition coefficient (Wildman–Crippen LogP) is 3.44. The summed E-state index contributed by atoms with van der Waals surface area (Å²) in [6, 6.07) is 13.1. The molecule has 0 aliphatic carbocycles. The zero-order valence-electron chi connectivity index (χ0n) is 12.0. The van der Waals surface area contributed by atoms with Gasteiger partial charge in [0.15, 0.2) is 0 Å². The molecule has 0 aliphatic rings. The molecule has 0 heterocycles. The molecule has 0 bridgehead atoms. The average Bonchev–Trinajstić information content (AvgIpc) is 2.48. The molecule has 0 radical (unpaired) electrons. The summed E-state index contributed by atoms with van der Waals surface area (Å²) < 4.78 is 13.4. The Hall–Kier alpha value is -1.71. The molecule has 1 unspecified atom stereocenters. The van der Waals surface area contributed by atoms with Crippen LogP contribution in [0.25, 0.3) is 0 Å². The van der Waals surface area contributed by atoms with Crippen LogP contribution in [-0.4, -0.2) is 0 Å². The number of hydrazine groups is 1. The Kier molecular flexibility index (Phi) is 4.88. The number of rotatable bonds is 5. The van der Waals surface area contributed by atoms with E-state index in [0.29, 0.717) is 6.42 Å². The molecule has 106 valence electrons. The van der Waals surface area contributed by atoms with Gasteiger partial charge < -0.3 is 0 Å². The predicted molar refractivity (Wildman–Crippen MR) is 80.7 cm³/mol. The van der Waals surface area contributed by atoms with Gasteiger partial charge in [-0.3, -0.25) is 11.3 Å². The van der Waals surface area contributed by atoms with Gasteiger partial charge in [0.2, 0.25) is 0 Å². The largest absolute Gasteiger partial charge is 0.271 e. The lowest BCUT2D eigenvalue weighted by atomic mass is 9.92. The minimum Gasteiger partial charge on any atom is -0.271 e. The molecule has 1 atom stereocenters. The molecule has 2 rings (SSSR count). The van der Waals surface area contributed by atoms with Gasteiger partial charge in [-0.2, -0.15) is 0 Å². The van der Waals surface area contributed by atoms with E-state index in [9.17, 15) is 4.39 Å². The molecular weight excluding hydrogens is 251 g/mol. The van der Waals surface area contributed by atoms with Crippen molar-refractivity contribution in [1.82, 2.24) is 5.43 Å². The third kappa shape index (κ3) is 3.24. The van der Waals surface area contributed by atoms with Crippen LogP contribution in [0.1, 0.15) is 35.2 Å². The van der Waals surface area contributed by atoms with Crippen molar-refractivity contribution >= 4 is 0 Å². The third-order valence-electron chi connectivity index (χ3n) is 3.75. The maximum absolute atomic E-state index is 13.4. The smallest absolute Gasteiger partial charge is 0.123 e. The van der Waals surface area contributed by atoms with E-state index in [2.05, 4.69) is 24.5 Å². The number of nitrogens with two attached hydrogens (primary N) is 1. The summed E-state index contributed by atoms with van der Waals surface area (Å²) in [4.78, 5) is 0. The van der Waals surface area contributed by atoms with Crippen LogP contribution < -0.4 is 11.3 Å². The lowest BCUT2D eigenvalue weighted by molar-refractivity contribution is 0.543. The van der Waals surface area contributed by atoms with Gasteiger partial charge in [-0.05, 0) is 54.2 Å². The normalized spacial score (nSPS) is 12.4. The van der Waals surface area contributed by atoms with E-state index in [-0.39, 0.29) is 11.9 Å². The van der Waals surface area contributed by atoms with Gasteiger partial charge >= 0.3 is 0 Å². The van der Waals surface area contributed by atoms with Crippen LogP contribution in [-0.2, 0) is 12.8 Å². The van der Waals surface area contributed by atoms with Crippen molar-refractivity contribution in [2.45, 2.75) is 32.7 Å². The lowest BCUT2D eigenvalue weighted by Crippen LogP contribution is -2.30. The minimum atomic E-state index is -0.204. The molecule has 0 aromatic heterocycles. The highest BCUT2D eigenvalue weighted by molar-refractivity contribution is 5.34. The van der Waals surface area contributed by atoms with E-state index in [0.717, 1.165) is 17.5 Å². The van der Waals surface area contributed by atoms with Gasteiger partial charge in [-0.25, -0.2) is 4.39 Å². The van der Waals surface area contributed by atoms with Gasteiger partial charge in [0.05, 0.1) is 6.04 Å². The van der Waals surface area contributed by atoms with E-state index in [1.165, 1.54) is 17.2 Å². The first-order chi connectivity index (χ1) is 9.65. The Bertz CT molecular complexity index is 581. The number of hydrogen-bond acceptors (Lipinski definition) is 2. The van der Waals surface area contributed by atoms with Gasteiger partial charge in [0.25, 0.3) is 0 Å². The fourth-order valence-electron chi connectivity index (χ4n) is 2.53. The number of aryl methyl sites for hydroxylation is 2. The molecule has 3 N–H and O–H groups in total. The Morgan fingerprint density at radius 1 is 1.15 bits per heavy atom. The second kappa shape index (κ2) is 6.64. The highest BCUT2D eigenvalue weighted by Gasteiger charge is 2.15. The van der Waals surface area contributed by atoms with Gasteiger partial charge in [-0.15, -0.1) is 0 Å². The Morgan fingerprint density at radius 3 is 2.60 bits per heavy atom. The molecule has 2 aromatic rings. The first-order valence-corrected chi connectivity index (χ1v) is 6.94. The maximum atomic E-state index is 13.4. The minimum absolute atomic E-state index is 0.00773. The second-order valence-electron chi connectivity index (χ2n) is 5.05. The highest BCUT2D eigenvalue weighted by atomic mass is 19.1. The van der Waals surface area contributed by atoms with Crippen LogP contribution >= 0.6 is 0 Å². The molecule has 3 heteroatoms. The van der Waals surface area contributed by atoms with E-state index in [4.69, 9.17) is 5.84 Å². The Labute approximate surface area is 119 Å². The topological polar surface area (TPSA) is 38.0 Å². The molecule has 0 aliphatic heterocycles. The van der Waals surface area contributed by atoms with Gasteiger partial charge in [0.1, 0.15) is 5.82 Å². The summed E-state index contributed by atoms with van der Waals surface area (Å²) in [7, 11) is 0. The molecule has 2 aromatic carbocycles. The molecular formula is C17H21FN2. The lowest BCUT2D eigenvalue weighted by Gasteiger charge is -2.20. The molecule has 0 amide bonds. The first-order valence-electron chi connectivity index (χ1n) is 6.94. The molecule has 0 spiro atoms. The Balaban J connectivity index is 2.31. The summed E-state index contributed by atoms with van der Waals surface area (Å²) in [5, 5.41) is 0. The fraction of sp³-hybridized carbons (Fsp3) is 0.294. The van der Waals surface area contributed by atoms with Gasteiger partial charge in [0, 0.05) is 0 Å². The number of benzene rings is 2. The monoisotopic (exact) mass is 272 g/mol. The van der Waals surface area contributed by atoms with Crippen LogP contribution in [0.5, 0.6) is 0 Å².